The summed E-state index contributed by atoms with van der Waals surface area (Å²) in [5.41, 5.74) is 2.19. The molecule has 11 heteroatoms. The minimum Gasteiger partial charge on any atom is -0.483 e. The Morgan fingerprint density at radius 1 is 1.26 bits per heavy atom. The number of fused-ring (bicyclic) bond motifs is 1. The first kappa shape index (κ1) is 21.8. The third-order valence-corrected chi connectivity index (χ3v) is 6.16. The van der Waals surface area contributed by atoms with Crippen molar-refractivity contribution in [1.82, 2.24) is 15.0 Å². The van der Waals surface area contributed by atoms with E-state index in [2.05, 4.69) is 25.6 Å². The van der Waals surface area contributed by atoms with E-state index >= 15 is 0 Å². The van der Waals surface area contributed by atoms with Crippen molar-refractivity contribution >= 4 is 23.4 Å². The first-order valence-electron chi connectivity index (χ1n) is 10.1. The van der Waals surface area contributed by atoms with Gasteiger partial charge in [-0.1, -0.05) is 11.6 Å². The second-order valence-electron chi connectivity index (χ2n) is 7.81. The quantitative estimate of drug-likeness (QED) is 0.405. The minimum atomic E-state index is -1.06. The van der Waals surface area contributed by atoms with Crippen LogP contribution in [0.3, 0.4) is 0 Å². The van der Waals surface area contributed by atoms with Crippen LogP contribution in [-0.4, -0.2) is 69.3 Å². The van der Waals surface area contributed by atoms with Gasteiger partial charge in [0.2, 0.25) is 11.8 Å². The molecule has 1 saturated carbocycles. The maximum Gasteiger partial charge on any atom is 0.225 e. The van der Waals surface area contributed by atoms with E-state index in [1.54, 1.807) is 14.2 Å². The van der Waals surface area contributed by atoms with Gasteiger partial charge in [-0.25, -0.2) is 9.97 Å². The number of methoxy groups -OCH3 is 1. The molecule has 168 valence electrons. The summed E-state index contributed by atoms with van der Waals surface area (Å²) in [6, 6.07) is 1.31. The molecule has 2 aromatic heterocycles. The molecule has 1 fully saturated rings. The van der Waals surface area contributed by atoms with Crippen LogP contribution < -0.4 is 20.1 Å². The molecule has 4 rings (SSSR count). The Labute approximate surface area is 184 Å². The predicted molar refractivity (Wildman–Crippen MR) is 114 cm³/mol. The zero-order chi connectivity index (χ0) is 22.3. The van der Waals surface area contributed by atoms with Crippen molar-refractivity contribution in [1.29, 1.82) is 0 Å². The summed E-state index contributed by atoms with van der Waals surface area (Å²) < 4.78 is 11.4. The molecule has 10 nitrogen and oxygen atoms in total. The molecule has 31 heavy (non-hydrogen) atoms. The molecule has 5 atom stereocenters. The molecule has 0 bridgehead atoms. The zero-order valence-electron chi connectivity index (χ0n) is 17.5. The lowest BCUT2D eigenvalue weighted by Gasteiger charge is -2.23. The van der Waals surface area contributed by atoms with E-state index < -0.39 is 30.3 Å². The molecule has 0 saturated heterocycles. The van der Waals surface area contributed by atoms with Crippen LogP contribution in [0.2, 0.25) is 5.15 Å². The fourth-order valence-corrected chi connectivity index (χ4v) is 4.52. The van der Waals surface area contributed by atoms with Crippen molar-refractivity contribution in [3.05, 3.63) is 28.0 Å². The van der Waals surface area contributed by atoms with Gasteiger partial charge >= 0.3 is 0 Å². The highest BCUT2D eigenvalue weighted by atomic mass is 35.5. The second-order valence-corrected chi connectivity index (χ2v) is 8.17. The van der Waals surface area contributed by atoms with Gasteiger partial charge in [0.05, 0.1) is 30.5 Å². The molecule has 0 spiro atoms. The summed E-state index contributed by atoms with van der Waals surface area (Å²) in [7, 11) is 3.24. The van der Waals surface area contributed by atoms with Gasteiger partial charge in [-0.15, -0.1) is 0 Å². The molecule has 3 heterocycles. The van der Waals surface area contributed by atoms with E-state index in [4.69, 9.17) is 21.1 Å². The molecule has 0 amide bonds. The zero-order valence-corrected chi connectivity index (χ0v) is 18.2. The third-order valence-electron chi connectivity index (χ3n) is 5.87. The lowest BCUT2D eigenvalue weighted by Crippen LogP contribution is -2.36. The molecule has 0 radical (unpaired) electrons. The maximum absolute atomic E-state index is 10.4. The Balaban J connectivity index is 1.68. The van der Waals surface area contributed by atoms with Crippen molar-refractivity contribution in [2.45, 2.75) is 44.1 Å². The van der Waals surface area contributed by atoms with E-state index in [1.807, 2.05) is 13.0 Å². The molecule has 2 aliphatic rings. The Kier molecular flexibility index (Phi) is 6.07. The number of rotatable bonds is 6. The van der Waals surface area contributed by atoms with Gasteiger partial charge in [-0.3, -0.25) is 0 Å². The molecule has 2 aromatic rings. The Hall–Kier alpha value is -2.40. The third kappa shape index (κ3) is 3.96. The van der Waals surface area contributed by atoms with Gasteiger partial charge in [0.15, 0.2) is 0 Å². The molecule has 0 aromatic carbocycles. The van der Waals surface area contributed by atoms with E-state index in [9.17, 15) is 15.3 Å². The smallest absolute Gasteiger partial charge is 0.225 e. The van der Waals surface area contributed by atoms with Crippen LogP contribution in [0.15, 0.2) is 6.07 Å². The number of aryl methyl sites for hydroxylation is 1. The van der Waals surface area contributed by atoms with Gasteiger partial charge in [0, 0.05) is 37.6 Å². The molecule has 1 unspecified atom stereocenters. The topological polar surface area (TPSA) is 142 Å². The highest BCUT2D eigenvalue weighted by molar-refractivity contribution is 6.30. The number of nitrogens with one attached hydrogen (secondary N) is 2. The summed E-state index contributed by atoms with van der Waals surface area (Å²) in [5, 5.41) is 36.4. The maximum atomic E-state index is 10.4. The van der Waals surface area contributed by atoms with Crippen molar-refractivity contribution in [3.63, 3.8) is 0 Å². The number of anilines is 2. The van der Waals surface area contributed by atoms with Crippen LogP contribution in [-0.2, 0) is 6.42 Å². The van der Waals surface area contributed by atoms with Crippen molar-refractivity contribution < 1.29 is 24.8 Å². The summed E-state index contributed by atoms with van der Waals surface area (Å²) in [6.07, 6.45) is -1.67. The first-order chi connectivity index (χ1) is 14.9. The molecule has 1 aliphatic heterocycles. The summed E-state index contributed by atoms with van der Waals surface area (Å²) in [6.45, 7) is 1.63. The van der Waals surface area contributed by atoms with Gasteiger partial charge in [0.1, 0.15) is 28.9 Å². The normalized spacial score (nSPS) is 27.0. The Morgan fingerprint density at radius 2 is 2.03 bits per heavy atom. The fraction of sp³-hybridized carbons (Fsp3) is 0.550. The molecular formula is C20H26ClN5O5. The van der Waals surface area contributed by atoms with E-state index in [0.717, 1.165) is 5.56 Å². The van der Waals surface area contributed by atoms with Crippen LogP contribution in [0, 0.1) is 12.8 Å². The van der Waals surface area contributed by atoms with Crippen molar-refractivity contribution in [2.24, 2.45) is 5.92 Å². The van der Waals surface area contributed by atoms with Crippen molar-refractivity contribution in [3.8, 4) is 11.6 Å². The van der Waals surface area contributed by atoms with Gasteiger partial charge in [-0.05, 0) is 13.3 Å². The molecule has 1 aliphatic carbocycles. The number of hydrogen-bond donors (Lipinski definition) is 5. The van der Waals surface area contributed by atoms with Crippen LogP contribution in [0.1, 0.15) is 29.3 Å². The Bertz CT molecular complexity index is 977. The monoisotopic (exact) mass is 451 g/mol. The average molecular weight is 452 g/mol. The molecule has 5 N–H and O–H groups in total. The van der Waals surface area contributed by atoms with Gasteiger partial charge in [-0.2, -0.15) is 4.98 Å². The average Bonchev–Trinajstić information content (AvgIpc) is 3.29. The van der Waals surface area contributed by atoms with E-state index in [1.165, 1.54) is 0 Å². The summed E-state index contributed by atoms with van der Waals surface area (Å²) in [4.78, 5) is 13.1. The molecular weight excluding hydrogens is 426 g/mol. The number of aliphatic hydroxyl groups excluding tert-OH is 3. The van der Waals surface area contributed by atoms with Crippen LogP contribution in [0.25, 0.3) is 0 Å². The fourth-order valence-electron chi connectivity index (χ4n) is 4.23. The number of pyridine rings is 1. The summed E-state index contributed by atoms with van der Waals surface area (Å²) in [5.74, 6) is 1.45. The first-order valence-corrected chi connectivity index (χ1v) is 10.4. The van der Waals surface area contributed by atoms with Gasteiger partial charge < -0.3 is 35.4 Å². The standard InChI is InChI=1S/C20H26ClN5O5/c1-8-17-9(6-13(23-8)30-3)5-12(31-17)14-18(21)25-20(22-2)26-19(14)24-11-4-10(7-27)15(28)16(11)29/h6,10-12,15-16,27-29H,4-5,7H2,1-3H3,(H2,22,24,25,26)/t10-,11-,12?,15-,16+/m1/s1. The Morgan fingerprint density at radius 3 is 2.68 bits per heavy atom. The lowest BCUT2D eigenvalue weighted by atomic mass is 10.0. The second kappa shape index (κ2) is 8.62. The number of hydrogen-bond acceptors (Lipinski definition) is 10. The predicted octanol–water partition coefficient (Wildman–Crippen LogP) is 1.07. The lowest BCUT2D eigenvalue weighted by molar-refractivity contribution is 0.00444. The summed E-state index contributed by atoms with van der Waals surface area (Å²) >= 11 is 6.54. The van der Waals surface area contributed by atoms with E-state index in [0.29, 0.717) is 47.5 Å². The number of aromatic nitrogens is 3. The number of ether oxygens (including phenoxy) is 2. The highest BCUT2D eigenvalue weighted by Crippen LogP contribution is 2.44. The van der Waals surface area contributed by atoms with Crippen LogP contribution in [0.5, 0.6) is 11.6 Å². The van der Waals surface area contributed by atoms with Gasteiger partial charge in [0.25, 0.3) is 0 Å². The van der Waals surface area contributed by atoms with Crippen LogP contribution >= 0.6 is 11.6 Å². The van der Waals surface area contributed by atoms with Crippen molar-refractivity contribution in [2.75, 3.05) is 31.4 Å². The largest absolute Gasteiger partial charge is 0.483 e. The number of halogens is 1. The van der Waals surface area contributed by atoms with Crippen LogP contribution in [0.4, 0.5) is 11.8 Å². The highest BCUT2D eigenvalue weighted by Gasteiger charge is 2.42. The SMILES string of the molecule is CNc1nc(Cl)c(C2Cc3cc(OC)nc(C)c3O2)c(N[C@@H]2C[C@H](CO)[C@@H](O)[C@H]2O)n1. The number of nitrogens with zero attached hydrogens (tertiary/aromatic N) is 3. The minimum absolute atomic E-state index is 0.212. The van der Waals surface area contributed by atoms with E-state index in [-0.39, 0.29) is 11.8 Å². The number of aliphatic hydroxyl groups is 3.